The van der Waals surface area contributed by atoms with E-state index < -0.39 is 5.82 Å². The Hall–Kier alpha value is -3.01. The standard InChI is InChI=1S/C20H17FN2O/c1-14-17(12-13-20(24)18-10-6-7-11-19(18)21)15(2)23(22-14)16-8-4-3-5-9-16/h3-13H,1-2H3/b13-12+. The zero-order valence-corrected chi connectivity index (χ0v) is 13.5. The second kappa shape index (κ2) is 6.62. The zero-order chi connectivity index (χ0) is 17.1. The van der Waals surface area contributed by atoms with Crippen molar-refractivity contribution in [1.29, 1.82) is 0 Å². The van der Waals surface area contributed by atoms with E-state index in [1.165, 1.54) is 18.2 Å². The summed E-state index contributed by atoms with van der Waals surface area (Å²) in [6, 6.07) is 15.8. The van der Waals surface area contributed by atoms with Gasteiger partial charge in [0.05, 0.1) is 16.9 Å². The van der Waals surface area contributed by atoms with E-state index in [2.05, 4.69) is 5.10 Å². The van der Waals surface area contributed by atoms with E-state index in [1.54, 1.807) is 18.2 Å². The molecule has 120 valence electrons. The highest BCUT2D eigenvalue weighted by molar-refractivity contribution is 6.07. The van der Waals surface area contributed by atoms with Gasteiger partial charge in [0.15, 0.2) is 5.78 Å². The second-order valence-electron chi connectivity index (χ2n) is 5.51. The second-order valence-corrected chi connectivity index (χ2v) is 5.51. The molecule has 0 saturated carbocycles. The highest BCUT2D eigenvalue weighted by atomic mass is 19.1. The molecule has 0 N–H and O–H groups in total. The third-order valence-electron chi connectivity index (χ3n) is 3.89. The summed E-state index contributed by atoms with van der Waals surface area (Å²) in [7, 11) is 0. The van der Waals surface area contributed by atoms with Crippen LogP contribution in [0.2, 0.25) is 0 Å². The summed E-state index contributed by atoms with van der Waals surface area (Å²) in [6.07, 6.45) is 3.09. The lowest BCUT2D eigenvalue weighted by molar-refractivity contribution is 0.104. The average molecular weight is 320 g/mol. The summed E-state index contributed by atoms with van der Waals surface area (Å²) >= 11 is 0. The Morgan fingerprint density at radius 1 is 1.04 bits per heavy atom. The minimum Gasteiger partial charge on any atom is -0.289 e. The molecule has 24 heavy (non-hydrogen) atoms. The molecule has 3 aromatic rings. The van der Waals surface area contributed by atoms with Gasteiger partial charge in [-0.3, -0.25) is 4.79 Å². The van der Waals surface area contributed by atoms with Crippen LogP contribution in [-0.2, 0) is 0 Å². The van der Waals surface area contributed by atoms with E-state index >= 15 is 0 Å². The first-order valence-corrected chi connectivity index (χ1v) is 7.66. The van der Waals surface area contributed by atoms with Crippen LogP contribution in [0.1, 0.15) is 27.3 Å². The number of para-hydroxylation sites is 1. The van der Waals surface area contributed by atoms with Crippen molar-refractivity contribution in [2.45, 2.75) is 13.8 Å². The molecule has 0 saturated heterocycles. The minimum atomic E-state index is -0.513. The van der Waals surface area contributed by atoms with E-state index in [0.29, 0.717) is 0 Å². The number of carbonyl (C=O) groups is 1. The Morgan fingerprint density at radius 2 is 1.71 bits per heavy atom. The van der Waals surface area contributed by atoms with Crippen molar-refractivity contribution in [2.24, 2.45) is 0 Å². The number of ketones is 1. The first-order valence-electron chi connectivity index (χ1n) is 7.66. The summed E-state index contributed by atoms with van der Waals surface area (Å²) in [5.74, 6) is -0.875. The number of allylic oxidation sites excluding steroid dienone is 1. The van der Waals surface area contributed by atoms with Gasteiger partial charge in [-0.25, -0.2) is 9.07 Å². The maximum Gasteiger partial charge on any atom is 0.188 e. The molecule has 0 bridgehead atoms. The maximum absolute atomic E-state index is 13.7. The number of aryl methyl sites for hydroxylation is 1. The van der Waals surface area contributed by atoms with Gasteiger partial charge in [-0.05, 0) is 50.3 Å². The number of halogens is 1. The fourth-order valence-electron chi connectivity index (χ4n) is 2.63. The number of rotatable bonds is 4. The van der Waals surface area contributed by atoms with E-state index in [1.807, 2.05) is 48.9 Å². The van der Waals surface area contributed by atoms with Crippen molar-refractivity contribution in [2.75, 3.05) is 0 Å². The lowest BCUT2D eigenvalue weighted by atomic mass is 10.1. The van der Waals surface area contributed by atoms with Gasteiger partial charge in [-0.15, -0.1) is 0 Å². The molecule has 3 rings (SSSR count). The van der Waals surface area contributed by atoms with Crippen LogP contribution in [0.25, 0.3) is 11.8 Å². The Labute approximate surface area is 140 Å². The number of carbonyl (C=O) groups excluding carboxylic acids is 1. The van der Waals surface area contributed by atoms with E-state index in [-0.39, 0.29) is 11.3 Å². The molecule has 3 nitrogen and oxygen atoms in total. The van der Waals surface area contributed by atoms with Crippen molar-refractivity contribution < 1.29 is 9.18 Å². The number of benzene rings is 2. The van der Waals surface area contributed by atoms with Crippen LogP contribution >= 0.6 is 0 Å². The summed E-state index contributed by atoms with van der Waals surface area (Å²) in [5.41, 5.74) is 3.63. The lowest BCUT2D eigenvalue weighted by Crippen LogP contribution is -1.99. The fourth-order valence-corrected chi connectivity index (χ4v) is 2.63. The molecule has 1 aromatic heterocycles. The number of hydrogen-bond acceptors (Lipinski definition) is 2. The Balaban J connectivity index is 1.92. The minimum absolute atomic E-state index is 0.0690. The quantitative estimate of drug-likeness (QED) is 0.523. The van der Waals surface area contributed by atoms with Gasteiger partial charge in [-0.1, -0.05) is 30.3 Å². The van der Waals surface area contributed by atoms with Crippen molar-refractivity contribution in [3.05, 3.63) is 89.0 Å². The third kappa shape index (κ3) is 3.04. The maximum atomic E-state index is 13.7. The number of nitrogens with zero attached hydrogens (tertiary/aromatic N) is 2. The SMILES string of the molecule is Cc1nn(-c2ccccc2)c(C)c1/C=C/C(=O)c1ccccc1F. The summed E-state index contributed by atoms with van der Waals surface area (Å²) in [6.45, 7) is 3.83. The van der Waals surface area contributed by atoms with Crippen molar-refractivity contribution in [1.82, 2.24) is 9.78 Å². The van der Waals surface area contributed by atoms with E-state index in [9.17, 15) is 9.18 Å². The molecule has 1 heterocycles. The smallest absolute Gasteiger partial charge is 0.188 e. The Morgan fingerprint density at radius 3 is 2.42 bits per heavy atom. The summed E-state index contributed by atoms with van der Waals surface area (Å²) in [4.78, 5) is 12.2. The molecule has 0 spiro atoms. The highest BCUT2D eigenvalue weighted by Gasteiger charge is 2.12. The molecular weight excluding hydrogens is 303 g/mol. The molecule has 2 aromatic carbocycles. The lowest BCUT2D eigenvalue weighted by Gasteiger charge is -2.03. The van der Waals surface area contributed by atoms with Gasteiger partial charge in [0.25, 0.3) is 0 Å². The molecule has 0 unspecified atom stereocenters. The van der Waals surface area contributed by atoms with E-state index in [0.717, 1.165) is 22.6 Å². The Kier molecular flexibility index (Phi) is 4.38. The van der Waals surface area contributed by atoms with Gasteiger partial charge >= 0.3 is 0 Å². The van der Waals surface area contributed by atoms with Crippen LogP contribution in [0.5, 0.6) is 0 Å². The first kappa shape index (κ1) is 15.9. The molecular formula is C20H17FN2O. The van der Waals surface area contributed by atoms with Gasteiger partial charge in [0.1, 0.15) is 5.82 Å². The van der Waals surface area contributed by atoms with Crippen LogP contribution in [-0.4, -0.2) is 15.6 Å². The molecule has 0 atom stereocenters. The van der Waals surface area contributed by atoms with Crippen LogP contribution in [0.15, 0.2) is 60.7 Å². The molecule has 4 heteroatoms. The van der Waals surface area contributed by atoms with Gasteiger partial charge in [0.2, 0.25) is 0 Å². The van der Waals surface area contributed by atoms with Crippen molar-refractivity contribution in [3.8, 4) is 5.69 Å². The van der Waals surface area contributed by atoms with E-state index in [4.69, 9.17) is 0 Å². The van der Waals surface area contributed by atoms with Gasteiger partial charge in [-0.2, -0.15) is 5.10 Å². The molecule has 0 fully saturated rings. The normalized spacial score (nSPS) is 11.1. The average Bonchev–Trinajstić information content (AvgIpc) is 2.88. The Bertz CT molecular complexity index is 911. The largest absolute Gasteiger partial charge is 0.289 e. The van der Waals surface area contributed by atoms with Crippen LogP contribution in [0.4, 0.5) is 4.39 Å². The molecule has 0 aliphatic rings. The van der Waals surface area contributed by atoms with Gasteiger partial charge in [0, 0.05) is 11.3 Å². The molecule has 0 radical (unpaired) electrons. The van der Waals surface area contributed by atoms with Crippen molar-refractivity contribution >= 4 is 11.9 Å². The van der Waals surface area contributed by atoms with Crippen LogP contribution < -0.4 is 0 Å². The number of aromatic nitrogens is 2. The zero-order valence-electron chi connectivity index (χ0n) is 13.5. The monoisotopic (exact) mass is 320 g/mol. The predicted octanol–water partition coefficient (Wildman–Crippen LogP) is 4.52. The van der Waals surface area contributed by atoms with Gasteiger partial charge < -0.3 is 0 Å². The topological polar surface area (TPSA) is 34.9 Å². The predicted molar refractivity (Wildman–Crippen MR) is 92.8 cm³/mol. The number of hydrogen-bond donors (Lipinski definition) is 0. The highest BCUT2D eigenvalue weighted by Crippen LogP contribution is 2.19. The summed E-state index contributed by atoms with van der Waals surface area (Å²) < 4.78 is 15.5. The first-order chi connectivity index (χ1) is 11.6. The fraction of sp³-hybridized carbons (Fsp3) is 0.100. The molecule has 0 aliphatic carbocycles. The third-order valence-corrected chi connectivity index (χ3v) is 3.89. The molecule has 0 amide bonds. The van der Waals surface area contributed by atoms with Crippen LogP contribution in [0.3, 0.4) is 0 Å². The van der Waals surface area contributed by atoms with Crippen molar-refractivity contribution in [3.63, 3.8) is 0 Å². The molecule has 0 aliphatic heterocycles. The summed E-state index contributed by atoms with van der Waals surface area (Å²) in [5, 5.41) is 4.53. The van der Waals surface area contributed by atoms with Crippen LogP contribution in [0, 0.1) is 19.7 Å².